The molecule has 96 valence electrons. The quantitative estimate of drug-likeness (QED) is 0.774. The van der Waals surface area contributed by atoms with Crippen LogP contribution in [0.3, 0.4) is 0 Å². The molecule has 4 nitrogen and oxygen atoms in total. The van der Waals surface area contributed by atoms with Crippen molar-refractivity contribution in [2.75, 3.05) is 24.4 Å². The molecule has 6 heteroatoms. The molecule has 1 heterocycles. The molecule has 0 saturated carbocycles. The maximum atomic E-state index is 11.1. The van der Waals surface area contributed by atoms with E-state index in [4.69, 9.17) is 0 Å². The van der Waals surface area contributed by atoms with Crippen molar-refractivity contribution < 1.29 is 9.53 Å². The van der Waals surface area contributed by atoms with E-state index in [1.807, 2.05) is 17.1 Å². The van der Waals surface area contributed by atoms with Gasteiger partial charge in [0.05, 0.1) is 19.2 Å². The summed E-state index contributed by atoms with van der Waals surface area (Å²) in [5.41, 5.74) is 0.765. The summed E-state index contributed by atoms with van der Waals surface area (Å²) in [6, 6.07) is 0.402. The summed E-state index contributed by atoms with van der Waals surface area (Å²) in [6.07, 6.45) is 3.45. The van der Waals surface area contributed by atoms with Crippen molar-refractivity contribution in [3.8, 4) is 0 Å². The smallest absolute Gasteiger partial charge is 0.311 e. The molecule has 0 radical (unpaired) electrons. The van der Waals surface area contributed by atoms with Gasteiger partial charge in [-0.15, -0.1) is 11.3 Å². The molecule has 0 fully saturated rings. The fraction of sp³-hybridized carbons (Fsp3) is 0.636. The third-order valence-corrected chi connectivity index (χ3v) is 3.70. The molecule has 0 amide bonds. The minimum absolute atomic E-state index is 0.244. The lowest BCUT2D eigenvalue weighted by Gasteiger charge is -2.11. The number of hydrogen-bond donors (Lipinski definition) is 1. The summed E-state index contributed by atoms with van der Waals surface area (Å²) in [5.74, 6) is 0.881. The Kier molecular flexibility index (Phi) is 6.36. The van der Waals surface area contributed by atoms with E-state index in [2.05, 4.69) is 28.2 Å². The highest BCUT2D eigenvalue weighted by Gasteiger charge is 2.09. The average Bonchev–Trinajstić information content (AvgIpc) is 2.73. The molecule has 1 unspecified atom stereocenters. The molecular formula is C11H18N2O2S2. The number of methoxy groups -OCH3 is 1. The van der Waals surface area contributed by atoms with Gasteiger partial charge >= 0.3 is 5.97 Å². The number of nitrogens with one attached hydrogen (secondary N) is 1. The van der Waals surface area contributed by atoms with E-state index in [0.717, 1.165) is 23.0 Å². The van der Waals surface area contributed by atoms with Crippen molar-refractivity contribution in [2.24, 2.45) is 0 Å². The minimum atomic E-state index is -0.253. The Bertz CT molecular complexity index is 355. The number of esters is 1. The van der Waals surface area contributed by atoms with Gasteiger partial charge in [0, 0.05) is 11.4 Å². The molecule has 0 saturated heterocycles. The number of carbonyl (C=O) groups is 1. The predicted octanol–water partition coefficient (Wildman–Crippen LogP) is 2.41. The van der Waals surface area contributed by atoms with Crippen LogP contribution in [-0.4, -0.2) is 36.1 Å². The number of ether oxygens (including phenoxy) is 1. The second kappa shape index (κ2) is 7.55. The van der Waals surface area contributed by atoms with Crippen LogP contribution < -0.4 is 5.32 Å². The van der Waals surface area contributed by atoms with Crippen LogP contribution >= 0.6 is 23.1 Å². The van der Waals surface area contributed by atoms with Gasteiger partial charge < -0.3 is 10.1 Å². The first-order valence-electron chi connectivity index (χ1n) is 5.42. The van der Waals surface area contributed by atoms with E-state index in [1.54, 1.807) is 0 Å². The highest BCUT2D eigenvalue weighted by Crippen LogP contribution is 2.18. The first-order chi connectivity index (χ1) is 8.15. The summed E-state index contributed by atoms with van der Waals surface area (Å²) in [5, 5.41) is 6.09. The fourth-order valence-electron chi connectivity index (χ4n) is 1.25. The Morgan fingerprint density at radius 1 is 1.71 bits per heavy atom. The highest BCUT2D eigenvalue weighted by atomic mass is 32.2. The lowest BCUT2D eigenvalue weighted by atomic mass is 10.3. The first-order valence-corrected chi connectivity index (χ1v) is 7.69. The maximum Gasteiger partial charge on any atom is 0.311 e. The molecular weight excluding hydrogens is 256 g/mol. The van der Waals surface area contributed by atoms with Gasteiger partial charge in [0.2, 0.25) is 0 Å². The van der Waals surface area contributed by atoms with Crippen LogP contribution in [0.15, 0.2) is 5.38 Å². The van der Waals surface area contributed by atoms with Crippen LogP contribution in [0.25, 0.3) is 0 Å². The number of aromatic nitrogens is 1. The second-order valence-electron chi connectivity index (χ2n) is 3.72. The Labute approximate surface area is 110 Å². The molecule has 0 aliphatic rings. The van der Waals surface area contributed by atoms with Gasteiger partial charge in [-0.2, -0.15) is 11.8 Å². The minimum Gasteiger partial charge on any atom is -0.469 e. The van der Waals surface area contributed by atoms with Crippen LogP contribution in [0.2, 0.25) is 0 Å². The molecule has 1 aromatic rings. The molecule has 1 N–H and O–H groups in total. The van der Waals surface area contributed by atoms with Crippen molar-refractivity contribution in [3.63, 3.8) is 0 Å². The lowest BCUT2D eigenvalue weighted by molar-refractivity contribution is -0.139. The zero-order chi connectivity index (χ0) is 12.7. The normalized spacial score (nSPS) is 12.2. The van der Waals surface area contributed by atoms with Crippen LogP contribution in [0, 0.1) is 0 Å². The van der Waals surface area contributed by atoms with Gasteiger partial charge in [0.15, 0.2) is 5.13 Å². The Morgan fingerprint density at radius 2 is 2.47 bits per heavy atom. The zero-order valence-corrected chi connectivity index (χ0v) is 12.0. The highest BCUT2D eigenvalue weighted by molar-refractivity contribution is 7.98. The van der Waals surface area contributed by atoms with Gasteiger partial charge in [-0.3, -0.25) is 4.79 Å². The predicted molar refractivity (Wildman–Crippen MR) is 73.9 cm³/mol. The van der Waals surface area contributed by atoms with Crippen molar-refractivity contribution in [1.29, 1.82) is 0 Å². The van der Waals surface area contributed by atoms with Crippen LogP contribution in [0.5, 0.6) is 0 Å². The number of nitrogens with zero attached hydrogens (tertiary/aromatic N) is 1. The van der Waals surface area contributed by atoms with Crippen LogP contribution in [0.4, 0.5) is 5.13 Å². The Morgan fingerprint density at radius 3 is 3.12 bits per heavy atom. The van der Waals surface area contributed by atoms with Crippen molar-refractivity contribution >= 4 is 34.2 Å². The third-order valence-electron chi connectivity index (χ3n) is 2.23. The van der Waals surface area contributed by atoms with Crippen LogP contribution in [-0.2, 0) is 16.0 Å². The van der Waals surface area contributed by atoms with Gasteiger partial charge in [0.25, 0.3) is 0 Å². The molecule has 17 heavy (non-hydrogen) atoms. The zero-order valence-electron chi connectivity index (χ0n) is 10.4. The van der Waals surface area contributed by atoms with E-state index in [-0.39, 0.29) is 12.4 Å². The molecule has 1 rings (SSSR count). The van der Waals surface area contributed by atoms with E-state index < -0.39 is 0 Å². The first kappa shape index (κ1) is 14.3. The number of thioether (sulfide) groups is 1. The van der Waals surface area contributed by atoms with Crippen molar-refractivity contribution in [3.05, 3.63) is 11.1 Å². The summed E-state index contributed by atoms with van der Waals surface area (Å²) in [6.45, 7) is 2.14. The summed E-state index contributed by atoms with van der Waals surface area (Å²) in [4.78, 5) is 15.4. The third kappa shape index (κ3) is 5.41. The standard InChI is InChI=1S/C11H18N2O2S2/c1-8(4-5-16-3)12-11-13-9(7-17-11)6-10(14)15-2/h7-8H,4-6H2,1-3H3,(H,12,13). The summed E-state index contributed by atoms with van der Waals surface area (Å²) >= 11 is 3.37. The van der Waals surface area contributed by atoms with Gasteiger partial charge in [-0.05, 0) is 25.4 Å². The number of hydrogen-bond acceptors (Lipinski definition) is 6. The number of carbonyl (C=O) groups excluding carboxylic acids is 1. The topological polar surface area (TPSA) is 51.2 Å². The fourth-order valence-corrected chi connectivity index (χ4v) is 2.66. The lowest BCUT2D eigenvalue weighted by Crippen LogP contribution is -2.15. The average molecular weight is 274 g/mol. The van der Waals surface area contributed by atoms with Crippen molar-refractivity contribution in [1.82, 2.24) is 4.98 Å². The second-order valence-corrected chi connectivity index (χ2v) is 5.57. The van der Waals surface area contributed by atoms with E-state index in [9.17, 15) is 4.79 Å². The van der Waals surface area contributed by atoms with E-state index >= 15 is 0 Å². The molecule has 1 atom stereocenters. The van der Waals surface area contributed by atoms with E-state index in [1.165, 1.54) is 18.4 Å². The summed E-state index contributed by atoms with van der Waals surface area (Å²) in [7, 11) is 1.39. The number of anilines is 1. The molecule has 0 aliphatic carbocycles. The monoisotopic (exact) mass is 274 g/mol. The Balaban J connectivity index is 2.42. The molecule has 1 aromatic heterocycles. The van der Waals surface area contributed by atoms with Gasteiger partial charge in [0.1, 0.15) is 0 Å². The van der Waals surface area contributed by atoms with Crippen LogP contribution in [0.1, 0.15) is 19.0 Å². The molecule has 0 aliphatic heterocycles. The maximum absolute atomic E-state index is 11.1. The number of rotatable bonds is 7. The van der Waals surface area contributed by atoms with E-state index in [0.29, 0.717) is 6.04 Å². The van der Waals surface area contributed by atoms with Crippen molar-refractivity contribution in [2.45, 2.75) is 25.8 Å². The Hall–Kier alpha value is -0.750. The number of thiazole rings is 1. The largest absolute Gasteiger partial charge is 0.469 e. The SMILES string of the molecule is COC(=O)Cc1csc(NC(C)CCSC)n1. The summed E-state index contributed by atoms with van der Waals surface area (Å²) < 4.78 is 4.60. The molecule has 0 aromatic carbocycles. The molecule has 0 bridgehead atoms. The van der Waals surface area contributed by atoms with Gasteiger partial charge in [-0.25, -0.2) is 4.98 Å². The molecule has 0 spiro atoms. The van der Waals surface area contributed by atoms with Gasteiger partial charge in [-0.1, -0.05) is 0 Å².